The van der Waals surface area contributed by atoms with Crippen molar-refractivity contribution in [3.63, 3.8) is 0 Å². The lowest BCUT2D eigenvalue weighted by Gasteiger charge is -2.26. The molecule has 0 aromatic rings. The second kappa shape index (κ2) is 6.89. The molecule has 0 spiro atoms. The van der Waals surface area contributed by atoms with Crippen molar-refractivity contribution in [2.75, 3.05) is 6.54 Å². The van der Waals surface area contributed by atoms with E-state index in [0.29, 0.717) is 6.04 Å². The molecule has 0 saturated heterocycles. The van der Waals surface area contributed by atoms with Gasteiger partial charge < -0.3 is 11.1 Å². The van der Waals surface area contributed by atoms with E-state index in [0.717, 1.165) is 12.0 Å². The Balaban J connectivity index is 0.000000845. The van der Waals surface area contributed by atoms with E-state index < -0.39 is 0 Å². The van der Waals surface area contributed by atoms with Gasteiger partial charge in [0.2, 0.25) is 0 Å². The molecule has 0 radical (unpaired) electrons. The average molecular weight is 241 g/mol. The summed E-state index contributed by atoms with van der Waals surface area (Å²) >= 11 is 0. The Morgan fingerprint density at radius 3 is 2.00 bits per heavy atom. The molecule has 0 bridgehead atoms. The molecule has 14 heavy (non-hydrogen) atoms. The van der Waals surface area contributed by atoms with Crippen LogP contribution in [-0.4, -0.2) is 18.6 Å². The maximum atomic E-state index is 5.84. The van der Waals surface area contributed by atoms with Gasteiger partial charge >= 0.3 is 0 Å². The molecule has 0 aromatic carbocycles. The monoisotopic (exact) mass is 240 g/mol. The van der Waals surface area contributed by atoms with Gasteiger partial charge in [-0.25, -0.2) is 0 Å². The van der Waals surface area contributed by atoms with Crippen LogP contribution in [0.4, 0.5) is 0 Å². The molecule has 4 heteroatoms. The van der Waals surface area contributed by atoms with Crippen molar-refractivity contribution >= 4 is 24.8 Å². The maximum Gasteiger partial charge on any atom is 0.00683 e. The van der Waals surface area contributed by atoms with Gasteiger partial charge in [0.25, 0.3) is 0 Å². The van der Waals surface area contributed by atoms with E-state index in [9.17, 15) is 0 Å². The maximum absolute atomic E-state index is 5.84. The summed E-state index contributed by atoms with van der Waals surface area (Å²) in [6.45, 7) is 1.26. The molecule has 2 aliphatic rings. The number of hydrogen-bond acceptors (Lipinski definition) is 2. The highest BCUT2D eigenvalue weighted by atomic mass is 35.5. The van der Waals surface area contributed by atoms with Gasteiger partial charge in [-0.15, -0.1) is 24.8 Å². The molecule has 0 aliphatic heterocycles. The Labute approximate surface area is 99.2 Å². The molecule has 0 atom stereocenters. The minimum atomic E-state index is 0. The van der Waals surface area contributed by atoms with Crippen molar-refractivity contribution in [1.82, 2.24) is 5.32 Å². The van der Waals surface area contributed by atoms with Crippen molar-refractivity contribution in [2.24, 2.45) is 11.7 Å². The fourth-order valence-corrected chi connectivity index (χ4v) is 1.98. The lowest BCUT2D eigenvalue weighted by atomic mass is 9.92. The lowest BCUT2D eigenvalue weighted by molar-refractivity contribution is 0.340. The Hall–Kier alpha value is 0.500. The van der Waals surface area contributed by atoms with E-state index in [2.05, 4.69) is 5.32 Å². The van der Waals surface area contributed by atoms with Crippen LogP contribution < -0.4 is 11.1 Å². The van der Waals surface area contributed by atoms with E-state index in [-0.39, 0.29) is 24.8 Å². The first-order valence-electron chi connectivity index (χ1n) is 5.33. The van der Waals surface area contributed by atoms with Crippen molar-refractivity contribution in [1.29, 1.82) is 0 Å². The number of hydrogen-bond donors (Lipinski definition) is 2. The first-order valence-corrected chi connectivity index (χ1v) is 5.33. The second-order valence-electron chi connectivity index (χ2n) is 4.46. The smallest absolute Gasteiger partial charge is 0.00683 e. The molecule has 0 aromatic heterocycles. The number of nitrogens with two attached hydrogens (primary N) is 1. The summed E-state index contributed by atoms with van der Waals surface area (Å²) in [4.78, 5) is 0. The van der Waals surface area contributed by atoms with E-state index in [1.807, 2.05) is 0 Å². The third-order valence-corrected chi connectivity index (χ3v) is 3.16. The van der Waals surface area contributed by atoms with Gasteiger partial charge in [0.05, 0.1) is 0 Å². The summed E-state index contributed by atoms with van der Waals surface area (Å²) in [6, 6.07) is 1.27. The predicted octanol–water partition coefficient (Wildman–Crippen LogP) is 2.10. The summed E-state index contributed by atoms with van der Waals surface area (Å²) in [5, 5.41) is 3.65. The molecule has 2 aliphatic carbocycles. The number of halogens is 2. The van der Waals surface area contributed by atoms with Crippen LogP contribution in [0.1, 0.15) is 38.5 Å². The summed E-state index contributed by atoms with van der Waals surface area (Å²) in [5.41, 5.74) is 5.84. The molecule has 0 heterocycles. The highest BCUT2D eigenvalue weighted by molar-refractivity contribution is 5.85. The van der Waals surface area contributed by atoms with Gasteiger partial charge in [0.15, 0.2) is 0 Å². The minimum Gasteiger partial charge on any atom is -0.328 e. The van der Waals surface area contributed by atoms with Crippen LogP contribution in [0, 0.1) is 5.92 Å². The first-order chi connectivity index (χ1) is 5.84. The zero-order chi connectivity index (χ0) is 8.39. The molecular formula is C10H22Cl2N2. The lowest BCUT2D eigenvalue weighted by Crippen LogP contribution is -2.38. The Morgan fingerprint density at radius 2 is 1.50 bits per heavy atom. The molecule has 2 saturated carbocycles. The Morgan fingerprint density at radius 1 is 0.929 bits per heavy atom. The molecule has 0 amide bonds. The molecule has 0 unspecified atom stereocenters. The van der Waals surface area contributed by atoms with E-state index in [4.69, 9.17) is 5.73 Å². The van der Waals surface area contributed by atoms with Gasteiger partial charge in [-0.1, -0.05) is 0 Å². The number of rotatable bonds is 3. The van der Waals surface area contributed by atoms with Crippen molar-refractivity contribution in [3.05, 3.63) is 0 Å². The highest BCUT2D eigenvalue weighted by Gasteiger charge is 2.23. The van der Waals surface area contributed by atoms with E-state index in [1.54, 1.807) is 0 Å². The fourth-order valence-electron chi connectivity index (χ4n) is 1.98. The van der Waals surface area contributed by atoms with Crippen LogP contribution in [0.15, 0.2) is 0 Å². The summed E-state index contributed by atoms with van der Waals surface area (Å²) in [6.07, 6.45) is 7.96. The van der Waals surface area contributed by atoms with Gasteiger partial charge in [-0.05, 0) is 51.0 Å². The molecule has 3 N–H and O–H groups in total. The van der Waals surface area contributed by atoms with Crippen molar-refractivity contribution in [2.45, 2.75) is 50.6 Å². The normalized spacial score (nSPS) is 31.5. The van der Waals surface area contributed by atoms with Crippen LogP contribution in [0.2, 0.25) is 0 Å². The summed E-state index contributed by atoms with van der Waals surface area (Å²) < 4.78 is 0. The molecule has 2 nitrogen and oxygen atoms in total. The van der Waals surface area contributed by atoms with Crippen LogP contribution in [0.5, 0.6) is 0 Å². The SMILES string of the molecule is Cl.Cl.NC1CCC(NCC2CC2)CC1. The third-order valence-electron chi connectivity index (χ3n) is 3.16. The van der Waals surface area contributed by atoms with Crippen LogP contribution in [0.3, 0.4) is 0 Å². The third kappa shape index (κ3) is 4.83. The zero-order valence-corrected chi connectivity index (χ0v) is 10.2. The van der Waals surface area contributed by atoms with E-state index >= 15 is 0 Å². The zero-order valence-electron chi connectivity index (χ0n) is 8.58. The number of nitrogens with one attached hydrogen (secondary N) is 1. The van der Waals surface area contributed by atoms with E-state index in [1.165, 1.54) is 45.1 Å². The standard InChI is InChI=1S/C10H20N2.2ClH/c11-9-3-5-10(6-4-9)12-7-8-1-2-8;;/h8-10,12H,1-7,11H2;2*1H. The van der Waals surface area contributed by atoms with Gasteiger partial charge in [0.1, 0.15) is 0 Å². The largest absolute Gasteiger partial charge is 0.328 e. The fraction of sp³-hybridized carbons (Fsp3) is 1.00. The summed E-state index contributed by atoms with van der Waals surface area (Å²) in [5.74, 6) is 1.01. The molecule has 2 fully saturated rings. The Kier molecular flexibility index (Phi) is 7.13. The van der Waals surface area contributed by atoms with Crippen LogP contribution in [-0.2, 0) is 0 Å². The Bertz CT molecular complexity index is 143. The quantitative estimate of drug-likeness (QED) is 0.794. The minimum absolute atomic E-state index is 0. The highest BCUT2D eigenvalue weighted by Crippen LogP contribution is 2.28. The summed E-state index contributed by atoms with van der Waals surface area (Å²) in [7, 11) is 0. The second-order valence-corrected chi connectivity index (χ2v) is 4.46. The topological polar surface area (TPSA) is 38.0 Å². The predicted molar refractivity (Wildman–Crippen MR) is 65.5 cm³/mol. The van der Waals surface area contributed by atoms with Crippen LogP contribution in [0.25, 0.3) is 0 Å². The van der Waals surface area contributed by atoms with Gasteiger partial charge in [-0.2, -0.15) is 0 Å². The van der Waals surface area contributed by atoms with Crippen molar-refractivity contribution in [3.8, 4) is 0 Å². The first kappa shape index (κ1) is 14.5. The average Bonchev–Trinajstić information content (AvgIpc) is 2.87. The molecule has 86 valence electrons. The van der Waals surface area contributed by atoms with Crippen LogP contribution >= 0.6 is 24.8 Å². The molecular weight excluding hydrogens is 219 g/mol. The molecule has 2 rings (SSSR count). The van der Waals surface area contributed by atoms with Gasteiger partial charge in [0, 0.05) is 12.1 Å². The van der Waals surface area contributed by atoms with Gasteiger partial charge in [-0.3, -0.25) is 0 Å². The van der Waals surface area contributed by atoms with Crippen molar-refractivity contribution < 1.29 is 0 Å².